The van der Waals surface area contributed by atoms with Gasteiger partial charge in [0.1, 0.15) is 0 Å². The standard InChI is InChI=1S/C12H26N2O2/c1-6-11(9(2)3)14-10(4)12(15)13-7-8-16-5/h9-11,14H,6-8H2,1-5H3,(H,13,15). The quantitative estimate of drug-likeness (QED) is 0.615. The summed E-state index contributed by atoms with van der Waals surface area (Å²) >= 11 is 0. The van der Waals surface area contributed by atoms with E-state index in [0.717, 1.165) is 6.42 Å². The molecule has 0 fully saturated rings. The molecule has 0 aromatic carbocycles. The van der Waals surface area contributed by atoms with Gasteiger partial charge in [-0.3, -0.25) is 4.79 Å². The highest BCUT2D eigenvalue weighted by Gasteiger charge is 2.18. The summed E-state index contributed by atoms with van der Waals surface area (Å²) in [5.41, 5.74) is 0. The second-order valence-electron chi connectivity index (χ2n) is 4.43. The first-order valence-electron chi connectivity index (χ1n) is 6.05. The Kier molecular flexibility index (Phi) is 8.21. The normalized spacial score (nSPS) is 14.9. The van der Waals surface area contributed by atoms with E-state index < -0.39 is 0 Å². The molecule has 96 valence electrons. The largest absolute Gasteiger partial charge is 0.383 e. The zero-order valence-electron chi connectivity index (χ0n) is 11.2. The minimum atomic E-state index is -0.149. The highest BCUT2D eigenvalue weighted by atomic mass is 16.5. The Morgan fingerprint density at radius 3 is 2.38 bits per heavy atom. The van der Waals surface area contributed by atoms with Crippen molar-refractivity contribution < 1.29 is 9.53 Å². The molecule has 0 spiro atoms. The lowest BCUT2D eigenvalue weighted by atomic mass is 10.0. The van der Waals surface area contributed by atoms with Gasteiger partial charge in [-0.15, -0.1) is 0 Å². The Morgan fingerprint density at radius 2 is 1.94 bits per heavy atom. The molecule has 0 aliphatic rings. The summed E-state index contributed by atoms with van der Waals surface area (Å²) in [6.45, 7) is 9.48. The molecule has 0 radical (unpaired) electrons. The number of hydrogen-bond acceptors (Lipinski definition) is 3. The summed E-state index contributed by atoms with van der Waals surface area (Å²) in [7, 11) is 1.62. The molecule has 0 aromatic heterocycles. The van der Waals surface area contributed by atoms with E-state index >= 15 is 0 Å². The molecule has 2 atom stereocenters. The number of carbonyl (C=O) groups is 1. The van der Waals surface area contributed by atoms with Gasteiger partial charge in [0.15, 0.2) is 0 Å². The Morgan fingerprint density at radius 1 is 1.31 bits per heavy atom. The van der Waals surface area contributed by atoms with Gasteiger partial charge in [0.2, 0.25) is 5.91 Å². The molecule has 0 aliphatic carbocycles. The second kappa shape index (κ2) is 8.53. The van der Waals surface area contributed by atoms with Gasteiger partial charge >= 0.3 is 0 Å². The minimum Gasteiger partial charge on any atom is -0.383 e. The highest BCUT2D eigenvalue weighted by molar-refractivity contribution is 5.81. The van der Waals surface area contributed by atoms with Gasteiger partial charge in [-0.1, -0.05) is 20.8 Å². The van der Waals surface area contributed by atoms with Crippen molar-refractivity contribution in [1.29, 1.82) is 0 Å². The predicted molar refractivity (Wildman–Crippen MR) is 66.4 cm³/mol. The molecule has 0 saturated heterocycles. The Balaban J connectivity index is 3.93. The molecule has 0 heterocycles. The van der Waals surface area contributed by atoms with Crippen molar-refractivity contribution >= 4 is 5.91 Å². The van der Waals surface area contributed by atoms with Gasteiger partial charge < -0.3 is 15.4 Å². The smallest absolute Gasteiger partial charge is 0.236 e. The number of nitrogens with one attached hydrogen (secondary N) is 2. The molecule has 0 bridgehead atoms. The summed E-state index contributed by atoms with van der Waals surface area (Å²) in [5.74, 6) is 0.579. The first kappa shape index (κ1) is 15.4. The molecule has 4 heteroatoms. The molecule has 16 heavy (non-hydrogen) atoms. The van der Waals surface area contributed by atoms with Crippen LogP contribution in [0.3, 0.4) is 0 Å². The summed E-state index contributed by atoms with van der Waals surface area (Å²) in [6.07, 6.45) is 1.04. The molecule has 1 amide bonds. The van der Waals surface area contributed by atoms with E-state index in [-0.39, 0.29) is 11.9 Å². The molecular formula is C12H26N2O2. The van der Waals surface area contributed by atoms with Gasteiger partial charge in [-0.2, -0.15) is 0 Å². The van der Waals surface area contributed by atoms with Gasteiger partial charge in [0.05, 0.1) is 12.6 Å². The molecule has 0 aliphatic heterocycles. The van der Waals surface area contributed by atoms with E-state index in [1.54, 1.807) is 7.11 Å². The van der Waals surface area contributed by atoms with E-state index in [0.29, 0.717) is 25.1 Å². The van der Waals surface area contributed by atoms with E-state index in [1.165, 1.54) is 0 Å². The van der Waals surface area contributed by atoms with Crippen molar-refractivity contribution in [3.8, 4) is 0 Å². The van der Waals surface area contributed by atoms with Crippen LogP contribution in [0, 0.1) is 5.92 Å². The lowest BCUT2D eigenvalue weighted by Gasteiger charge is -2.24. The Hall–Kier alpha value is -0.610. The molecule has 0 rings (SSSR count). The van der Waals surface area contributed by atoms with Crippen LogP contribution in [0.25, 0.3) is 0 Å². The van der Waals surface area contributed by atoms with E-state index in [1.807, 2.05) is 6.92 Å². The van der Waals surface area contributed by atoms with E-state index in [4.69, 9.17) is 4.74 Å². The van der Waals surface area contributed by atoms with Crippen LogP contribution in [0.5, 0.6) is 0 Å². The first-order valence-corrected chi connectivity index (χ1v) is 6.05. The minimum absolute atomic E-state index is 0.0381. The highest BCUT2D eigenvalue weighted by Crippen LogP contribution is 2.06. The fourth-order valence-corrected chi connectivity index (χ4v) is 1.61. The summed E-state index contributed by atoms with van der Waals surface area (Å²) in [6, 6.07) is 0.243. The van der Waals surface area contributed by atoms with E-state index in [9.17, 15) is 4.79 Å². The van der Waals surface area contributed by atoms with E-state index in [2.05, 4.69) is 31.4 Å². The van der Waals surface area contributed by atoms with Gasteiger partial charge in [-0.05, 0) is 19.3 Å². The molecule has 0 saturated carbocycles. The fourth-order valence-electron chi connectivity index (χ4n) is 1.61. The van der Waals surface area contributed by atoms with Gasteiger partial charge in [0, 0.05) is 19.7 Å². The average molecular weight is 230 g/mol. The topological polar surface area (TPSA) is 50.4 Å². The van der Waals surface area contributed by atoms with Crippen molar-refractivity contribution in [3.05, 3.63) is 0 Å². The maximum atomic E-state index is 11.7. The summed E-state index contributed by atoms with van der Waals surface area (Å²) in [5, 5.41) is 6.17. The lowest BCUT2D eigenvalue weighted by molar-refractivity contribution is -0.123. The predicted octanol–water partition coefficient (Wildman–Crippen LogP) is 1.16. The molecule has 2 unspecified atom stereocenters. The van der Waals surface area contributed by atoms with Crippen LogP contribution in [0.1, 0.15) is 34.1 Å². The molecule has 4 nitrogen and oxygen atoms in total. The number of ether oxygens (including phenoxy) is 1. The third kappa shape index (κ3) is 6.08. The fraction of sp³-hybridized carbons (Fsp3) is 0.917. The molecule has 2 N–H and O–H groups in total. The number of methoxy groups -OCH3 is 1. The zero-order valence-corrected chi connectivity index (χ0v) is 11.2. The summed E-state index contributed by atoms with van der Waals surface area (Å²) in [4.78, 5) is 11.7. The number of carbonyl (C=O) groups excluding carboxylic acids is 1. The lowest BCUT2D eigenvalue weighted by Crippen LogP contribution is -2.48. The molecular weight excluding hydrogens is 204 g/mol. The van der Waals surface area contributed by atoms with Crippen LogP contribution in [0.2, 0.25) is 0 Å². The van der Waals surface area contributed by atoms with Crippen molar-refractivity contribution in [1.82, 2.24) is 10.6 Å². The van der Waals surface area contributed by atoms with Crippen molar-refractivity contribution in [2.75, 3.05) is 20.3 Å². The molecule has 0 aromatic rings. The van der Waals surface area contributed by atoms with Crippen LogP contribution in [0.4, 0.5) is 0 Å². The third-order valence-corrected chi connectivity index (χ3v) is 2.71. The Labute approximate surface area is 99.1 Å². The number of rotatable bonds is 8. The van der Waals surface area contributed by atoms with Crippen LogP contribution in [-0.4, -0.2) is 38.3 Å². The zero-order chi connectivity index (χ0) is 12.6. The third-order valence-electron chi connectivity index (χ3n) is 2.71. The maximum absolute atomic E-state index is 11.7. The average Bonchev–Trinajstić information content (AvgIpc) is 2.25. The Bertz CT molecular complexity index is 195. The van der Waals surface area contributed by atoms with Gasteiger partial charge in [0.25, 0.3) is 0 Å². The van der Waals surface area contributed by atoms with Crippen LogP contribution >= 0.6 is 0 Å². The van der Waals surface area contributed by atoms with Gasteiger partial charge in [-0.25, -0.2) is 0 Å². The maximum Gasteiger partial charge on any atom is 0.236 e. The SMILES string of the molecule is CCC(NC(C)C(=O)NCCOC)C(C)C. The number of amides is 1. The van der Waals surface area contributed by atoms with Crippen molar-refractivity contribution in [3.63, 3.8) is 0 Å². The van der Waals surface area contributed by atoms with Crippen molar-refractivity contribution in [2.45, 2.75) is 46.2 Å². The van der Waals surface area contributed by atoms with Crippen LogP contribution in [0.15, 0.2) is 0 Å². The number of hydrogen-bond donors (Lipinski definition) is 2. The van der Waals surface area contributed by atoms with Crippen molar-refractivity contribution in [2.24, 2.45) is 5.92 Å². The van der Waals surface area contributed by atoms with Crippen LogP contribution < -0.4 is 10.6 Å². The first-order chi connectivity index (χ1) is 7.52. The summed E-state index contributed by atoms with van der Waals surface area (Å²) < 4.78 is 4.88. The monoisotopic (exact) mass is 230 g/mol. The van der Waals surface area contributed by atoms with Crippen LogP contribution in [-0.2, 0) is 9.53 Å². The second-order valence-corrected chi connectivity index (χ2v) is 4.43.